The molecule has 3 heterocycles. The number of anilines is 1. The summed E-state index contributed by atoms with van der Waals surface area (Å²) < 4.78 is 4.99. The van der Waals surface area contributed by atoms with Gasteiger partial charge in [0.05, 0.1) is 18.6 Å². The Morgan fingerprint density at radius 3 is 3.20 bits per heavy atom. The van der Waals surface area contributed by atoms with Crippen molar-refractivity contribution >= 4 is 22.4 Å². The summed E-state index contributed by atoms with van der Waals surface area (Å²) in [7, 11) is 1.59. The van der Waals surface area contributed by atoms with Gasteiger partial charge in [-0.2, -0.15) is 0 Å². The van der Waals surface area contributed by atoms with Crippen molar-refractivity contribution in [3.05, 3.63) is 33.4 Å². The molecule has 0 spiro atoms. The molecule has 1 atom stereocenters. The highest BCUT2D eigenvalue weighted by Crippen LogP contribution is 2.24. The first kappa shape index (κ1) is 17.6. The summed E-state index contributed by atoms with van der Waals surface area (Å²) in [5.74, 6) is 0.0401. The number of carbonyl (C=O) groups excluding carboxylic acids is 1. The van der Waals surface area contributed by atoms with E-state index in [2.05, 4.69) is 30.4 Å². The third kappa shape index (κ3) is 4.91. The summed E-state index contributed by atoms with van der Waals surface area (Å²) in [6.45, 7) is 2.20. The highest BCUT2D eigenvalue weighted by Gasteiger charge is 2.24. The van der Waals surface area contributed by atoms with Crippen LogP contribution in [0.3, 0.4) is 0 Å². The Hall–Kier alpha value is -2.17. The van der Waals surface area contributed by atoms with Gasteiger partial charge in [-0.25, -0.2) is 4.98 Å². The van der Waals surface area contributed by atoms with E-state index in [1.807, 2.05) is 0 Å². The van der Waals surface area contributed by atoms with Crippen molar-refractivity contribution < 1.29 is 9.53 Å². The summed E-state index contributed by atoms with van der Waals surface area (Å²) >= 11 is 1.30. The van der Waals surface area contributed by atoms with Crippen molar-refractivity contribution in [2.24, 2.45) is 0 Å². The average molecular weight is 364 g/mol. The minimum Gasteiger partial charge on any atom is -0.377 e. The minimum absolute atomic E-state index is 0.125. The van der Waals surface area contributed by atoms with Gasteiger partial charge in [0.1, 0.15) is 11.6 Å². The number of nitrogens with one attached hydrogen (secondary N) is 2. The number of likely N-dealkylation sites (tertiary alicyclic amines) is 1. The summed E-state index contributed by atoms with van der Waals surface area (Å²) in [6.07, 6.45) is 3.35. The molecular weight excluding hydrogens is 344 g/mol. The second kappa shape index (κ2) is 8.28. The first-order valence-corrected chi connectivity index (χ1v) is 8.84. The number of ether oxygens (including phenoxy) is 1. The van der Waals surface area contributed by atoms with Crippen LogP contribution in [0.4, 0.5) is 5.13 Å². The van der Waals surface area contributed by atoms with E-state index >= 15 is 0 Å². The van der Waals surface area contributed by atoms with Crippen LogP contribution in [0.2, 0.25) is 0 Å². The Morgan fingerprint density at radius 2 is 2.40 bits per heavy atom. The Balaban J connectivity index is 1.54. The van der Waals surface area contributed by atoms with Crippen molar-refractivity contribution in [3.8, 4) is 0 Å². The van der Waals surface area contributed by atoms with Gasteiger partial charge >= 0.3 is 0 Å². The maximum absolute atomic E-state index is 12.2. The molecule has 1 fully saturated rings. The third-order valence-corrected chi connectivity index (χ3v) is 4.78. The lowest BCUT2D eigenvalue weighted by molar-refractivity contribution is -0.117. The fourth-order valence-corrected chi connectivity index (χ4v) is 3.62. The van der Waals surface area contributed by atoms with Crippen molar-refractivity contribution in [2.45, 2.75) is 25.4 Å². The molecule has 1 saturated heterocycles. The Morgan fingerprint density at radius 1 is 1.52 bits per heavy atom. The van der Waals surface area contributed by atoms with Crippen LogP contribution in [0.15, 0.2) is 17.2 Å². The van der Waals surface area contributed by atoms with Gasteiger partial charge < -0.3 is 9.72 Å². The largest absolute Gasteiger partial charge is 0.377 e. The van der Waals surface area contributed by atoms with Crippen LogP contribution in [0.5, 0.6) is 0 Å². The number of hydrogen-bond donors (Lipinski definition) is 2. The van der Waals surface area contributed by atoms with Crippen LogP contribution in [-0.2, 0) is 16.1 Å². The van der Waals surface area contributed by atoms with E-state index in [4.69, 9.17) is 4.74 Å². The smallest absolute Gasteiger partial charge is 0.250 e. The molecule has 0 aromatic carbocycles. The van der Waals surface area contributed by atoms with Gasteiger partial charge in [-0.3, -0.25) is 19.8 Å². The van der Waals surface area contributed by atoms with E-state index in [1.165, 1.54) is 23.7 Å². The fourth-order valence-electron chi connectivity index (χ4n) is 2.90. The molecule has 0 bridgehead atoms. The number of aromatic amines is 1. The standard InChI is InChI=1S/C15H20N6O3S/c1-24-8-14-19-20-15(25-14)18-13(23)7-21-4-2-3-10(6-21)11-5-12(22)17-9-16-11/h5,9-10H,2-4,6-8H2,1H3,(H,16,17,22)(H,18,20,23)/t10-/m1/s1. The third-order valence-electron chi connectivity index (χ3n) is 3.97. The van der Waals surface area contributed by atoms with Gasteiger partial charge in [0.2, 0.25) is 11.0 Å². The van der Waals surface area contributed by atoms with E-state index in [0.717, 1.165) is 30.1 Å². The zero-order valence-corrected chi connectivity index (χ0v) is 14.7. The number of hydrogen-bond acceptors (Lipinski definition) is 8. The van der Waals surface area contributed by atoms with Crippen LogP contribution < -0.4 is 10.9 Å². The summed E-state index contributed by atoms with van der Waals surface area (Å²) in [6, 6.07) is 1.53. The number of H-pyrrole nitrogens is 1. The molecule has 0 aliphatic carbocycles. The number of amides is 1. The zero-order chi connectivity index (χ0) is 17.6. The van der Waals surface area contributed by atoms with E-state index in [1.54, 1.807) is 7.11 Å². The molecule has 3 rings (SSSR count). The van der Waals surface area contributed by atoms with Gasteiger partial charge in [-0.15, -0.1) is 10.2 Å². The SMILES string of the molecule is COCc1nnc(NC(=O)CN2CCC[C@@H](c3cc(=O)[nH]cn3)C2)s1. The normalized spacial score (nSPS) is 18.2. The highest BCUT2D eigenvalue weighted by atomic mass is 32.1. The van der Waals surface area contributed by atoms with Crippen LogP contribution >= 0.6 is 11.3 Å². The quantitative estimate of drug-likeness (QED) is 0.771. The second-order valence-corrected chi connectivity index (χ2v) is 6.95. The summed E-state index contributed by atoms with van der Waals surface area (Å²) in [4.78, 5) is 32.5. The van der Waals surface area contributed by atoms with Crippen LogP contribution in [-0.4, -0.2) is 57.7 Å². The number of nitrogens with zero attached hydrogens (tertiary/aromatic N) is 4. The molecule has 0 unspecified atom stereocenters. The maximum atomic E-state index is 12.2. The fraction of sp³-hybridized carbons (Fsp3) is 0.533. The van der Waals surface area contributed by atoms with Crippen molar-refractivity contribution in [2.75, 3.05) is 32.1 Å². The Kier molecular flexibility index (Phi) is 5.84. The first-order chi connectivity index (χ1) is 12.1. The molecule has 2 N–H and O–H groups in total. The lowest BCUT2D eigenvalue weighted by Crippen LogP contribution is -2.40. The average Bonchev–Trinajstić information content (AvgIpc) is 3.02. The monoisotopic (exact) mass is 364 g/mol. The van der Waals surface area contributed by atoms with E-state index in [0.29, 0.717) is 18.3 Å². The van der Waals surface area contributed by atoms with E-state index < -0.39 is 0 Å². The van der Waals surface area contributed by atoms with E-state index in [9.17, 15) is 9.59 Å². The van der Waals surface area contributed by atoms with Crippen molar-refractivity contribution in [3.63, 3.8) is 0 Å². The van der Waals surface area contributed by atoms with Crippen LogP contribution in [0.25, 0.3) is 0 Å². The topological polar surface area (TPSA) is 113 Å². The van der Waals surface area contributed by atoms with Gasteiger partial charge in [0.25, 0.3) is 5.56 Å². The number of aromatic nitrogens is 4. The summed E-state index contributed by atoms with van der Waals surface area (Å²) in [5.41, 5.74) is 0.630. The van der Waals surface area contributed by atoms with Gasteiger partial charge in [0, 0.05) is 25.6 Å². The molecule has 2 aromatic rings. The molecule has 2 aromatic heterocycles. The number of rotatable bonds is 6. The molecule has 10 heteroatoms. The lowest BCUT2D eigenvalue weighted by Gasteiger charge is -2.31. The Labute approximate surface area is 148 Å². The predicted molar refractivity (Wildman–Crippen MR) is 92.5 cm³/mol. The van der Waals surface area contributed by atoms with Crippen molar-refractivity contribution in [1.29, 1.82) is 0 Å². The van der Waals surface area contributed by atoms with Crippen molar-refractivity contribution in [1.82, 2.24) is 25.1 Å². The first-order valence-electron chi connectivity index (χ1n) is 8.02. The van der Waals surface area contributed by atoms with E-state index in [-0.39, 0.29) is 23.9 Å². The molecule has 134 valence electrons. The number of methoxy groups -OCH3 is 1. The Bertz CT molecular complexity index is 776. The molecule has 9 nitrogen and oxygen atoms in total. The lowest BCUT2D eigenvalue weighted by atomic mass is 9.94. The van der Waals surface area contributed by atoms with Gasteiger partial charge in [-0.05, 0) is 19.4 Å². The highest BCUT2D eigenvalue weighted by molar-refractivity contribution is 7.15. The van der Waals surface area contributed by atoms with Crippen LogP contribution in [0, 0.1) is 0 Å². The number of piperidine rings is 1. The van der Waals surface area contributed by atoms with Gasteiger partial charge in [-0.1, -0.05) is 11.3 Å². The summed E-state index contributed by atoms with van der Waals surface area (Å²) in [5, 5.41) is 11.8. The maximum Gasteiger partial charge on any atom is 0.250 e. The molecule has 0 radical (unpaired) electrons. The zero-order valence-electron chi connectivity index (χ0n) is 13.9. The molecule has 1 aliphatic rings. The molecule has 25 heavy (non-hydrogen) atoms. The molecule has 1 aliphatic heterocycles. The second-order valence-electron chi connectivity index (χ2n) is 5.89. The predicted octanol–water partition coefficient (Wildman–Crippen LogP) is 0.586. The molecule has 1 amide bonds. The van der Waals surface area contributed by atoms with Crippen LogP contribution in [0.1, 0.15) is 29.5 Å². The minimum atomic E-state index is -0.150. The van der Waals surface area contributed by atoms with Gasteiger partial charge in [0.15, 0.2) is 0 Å². The molecule has 0 saturated carbocycles. The number of carbonyl (C=O) groups is 1. The molecular formula is C15H20N6O3S.